The Balaban J connectivity index is 2.38. The number of nitrogens with one attached hydrogen (secondary N) is 1. The number of thioether (sulfide) groups is 1. The Morgan fingerprint density at radius 2 is 2.16 bits per heavy atom. The molecule has 7 heteroatoms. The highest BCUT2D eigenvalue weighted by atomic mass is 32.2. The molecule has 1 amide bonds. The second kappa shape index (κ2) is 8.49. The Kier molecular flexibility index (Phi) is 6.91. The molecule has 104 valence electrons. The fourth-order valence-corrected chi connectivity index (χ4v) is 2.01. The largest absolute Gasteiger partial charge is 0.480 e. The summed E-state index contributed by atoms with van der Waals surface area (Å²) in [7, 11) is 1.49. The first-order valence-electron chi connectivity index (χ1n) is 5.67. The fraction of sp³-hybridized carbons (Fsp3) is 0.417. The van der Waals surface area contributed by atoms with Crippen molar-refractivity contribution < 1.29 is 19.4 Å². The van der Waals surface area contributed by atoms with Gasteiger partial charge in [0, 0.05) is 37.4 Å². The summed E-state index contributed by atoms with van der Waals surface area (Å²) >= 11 is 1.33. The monoisotopic (exact) mass is 284 g/mol. The van der Waals surface area contributed by atoms with Gasteiger partial charge >= 0.3 is 5.97 Å². The van der Waals surface area contributed by atoms with E-state index in [-0.39, 0.29) is 24.7 Å². The highest BCUT2D eigenvalue weighted by Gasteiger charge is 2.19. The Morgan fingerprint density at radius 1 is 1.47 bits per heavy atom. The number of carbonyl (C=O) groups excluding carboxylic acids is 1. The number of aliphatic carboxylic acids is 1. The van der Waals surface area contributed by atoms with Crippen molar-refractivity contribution >= 4 is 23.6 Å². The number of carboxylic acid groups (broad SMARTS) is 1. The van der Waals surface area contributed by atoms with E-state index in [9.17, 15) is 9.59 Å². The summed E-state index contributed by atoms with van der Waals surface area (Å²) in [5, 5.41) is 11.4. The zero-order valence-corrected chi connectivity index (χ0v) is 11.4. The molecule has 1 aromatic heterocycles. The molecule has 0 fully saturated rings. The van der Waals surface area contributed by atoms with E-state index < -0.39 is 12.0 Å². The summed E-state index contributed by atoms with van der Waals surface area (Å²) in [4.78, 5) is 27.4. The van der Waals surface area contributed by atoms with E-state index in [4.69, 9.17) is 9.84 Å². The first kappa shape index (κ1) is 15.5. The Labute approximate surface area is 115 Å². The summed E-state index contributed by atoms with van der Waals surface area (Å²) in [6, 6.07) is 2.67. The molecule has 1 heterocycles. The molecule has 19 heavy (non-hydrogen) atoms. The lowest BCUT2D eigenvalue weighted by molar-refractivity contribution is -0.142. The molecular weight excluding hydrogens is 268 g/mol. The maximum absolute atomic E-state index is 11.6. The predicted molar refractivity (Wildman–Crippen MR) is 71.0 cm³/mol. The van der Waals surface area contributed by atoms with E-state index in [2.05, 4.69) is 10.3 Å². The van der Waals surface area contributed by atoms with Crippen LogP contribution in [0.3, 0.4) is 0 Å². The van der Waals surface area contributed by atoms with Crippen LogP contribution in [0.5, 0.6) is 0 Å². The number of hydrogen-bond acceptors (Lipinski definition) is 5. The topological polar surface area (TPSA) is 88.5 Å². The summed E-state index contributed by atoms with van der Waals surface area (Å²) in [5.74, 6) is -1.20. The van der Waals surface area contributed by atoms with Crippen molar-refractivity contribution in [2.75, 3.05) is 19.5 Å². The third-order valence-corrected chi connectivity index (χ3v) is 3.28. The normalized spacial score (nSPS) is 11.8. The van der Waals surface area contributed by atoms with Gasteiger partial charge in [-0.15, -0.1) is 11.8 Å². The van der Waals surface area contributed by atoms with Crippen molar-refractivity contribution in [2.24, 2.45) is 0 Å². The standard InChI is InChI=1S/C12H16N2O4S/c1-18-7-4-10(12(16)17)14-11(15)8-19-9-2-5-13-6-3-9/h2-3,5-6,10H,4,7-8H2,1H3,(H,14,15)(H,16,17). The minimum atomic E-state index is -1.06. The van der Waals surface area contributed by atoms with Crippen LogP contribution in [-0.4, -0.2) is 47.5 Å². The number of amides is 1. The summed E-state index contributed by atoms with van der Waals surface area (Å²) < 4.78 is 4.81. The molecule has 0 radical (unpaired) electrons. The fourth-order valence-electron chi connectivity index (χ4n) is 1.31. The Bertz CT molecular complexity index is 413. The van der Waals surface area contributed by atoms with Gasteiger partial charge in [-0.2, -0.15) is 0 Å². The summed E-state index contributed by atoms with van der Waals surface area (Å²) in [6.07, 6.45) is 3.52. The molecule has 0 spiro atoms. The van der Waals surface area contributed by atoms with Crippen molar-refractivity contribution in [1.29, 1.82) is 0 Å². The van der Waals surface area contributed by atoms with Crippen LogP contribution >= 0.6 is 11.8 Å². The van der Waals surface area contributed by atoms with E-state index in [1.807, 2.05) is 0 Å². The number of aromatic nitrogens is 1. The van der Waals surface area contributed by atoms with Crippen LogP contribution < -0.4 is 5.32 Å². The highest BCUT2D eigenvalue weighted by molar-refractivity contribution is 8.00. The van der Waals surface area contributed by atoms with Gasteiger partial charge in [0.1, 0.15) is 6.04 Å². The molecule has 0 aromatic carbocycles. The van der Waals surface area contributed by atoms with Gasteiger partial charge in [0.2, 0.25) is 5.91 Å². The molecular formula is C12H16N2O4S. The summed E-state index contributed by atoms with van der Waals surface area (Å²) in [5.41, 5.74) is 0. The minimum Gasteiger partial charge on any atom is -0.480 e. The van der Waals surface area contributed by atoms with E-state index in [1.165, 1.54) is 18.9 Å². The average molecular weight is 284 g/mol. The van der Waals surface area contributed by atoms with Gasteiger partial charge in [-0.25, -0.2) is 4.79 Å². The first-order chi connectivity index (χ1) is 9.13. The van der Waals surface area contributed by atoms with Crippen LogP contribution in [0.1, 0.15) is 6.42 Å². The van der Waals surface area contributed by atoms with Crippen LogP contribution in [0, 0.1) is 0 Å². The van der Waals surface area contributed by atoms with Crippen LogP contribution in [0.4, 0.5) is 0 Å². The van der Waals surface area contributed by atoms with E-state index in [1.54, 1.807) is 24.5 Å². The van der Waals surface area contributed by atoms with E-state index >= 15 is 0 Å². The molecule has 0 aliphatic carbocycles. The van der Waals surface area contributed by atoms with Crippen molar-refractivity contribution in [2.45, 2.75) is 17.4 Å². The molecule has 0 saturated carbocycles. The smallest absolute Gasteiger partial charge is 0.326 e. The average Bonchev–Trinajstić information content (AvgIpc) is 2.42. The summed E-state index contributed by atoms with van der Waals surface area (Å²) in [6.45, 7) is 0.286. The van der Waals surface area contributed by atoms with Crippen molar-refractivity contribution in [3.63, 3.8) is 0 Å². The van der Waals surface area contributed by atoms with Gasteiger partial charge in [0.05, 0.1) is 5.75 Å². The third kappa shape index (κ3) is 6.21. The molecule has 0 saturated heterocycles. The molecule has 0 aliphatic heterocycles. The lowest BCUT2D eigenvalue weighted by Gasteiger charge is -2.13. The number of rotatable bonds is 8. The zero-order valence-electron chi connectivity index (χ0n) is 10.5. The van der Waals surface area contributed by atoms with Crippen LogP contribution in [-0.2, 0) is 14.3 Å². The van der Waals surface area contributed by atoms with Crippen molar-refractivity contribution in [1.82, 2.24) is 10.3 Å². The quantitative estimate of drug-likeness (QED) is 0.686. The van der Waals surface area contributed by atoms with Gasteiger partial charge in [-0.1, -0.05) is 0 Å². The number of methoxy groups -OCH3 is 1. The SMILES string of the molecule is COCCC(NC(=O)CSc1ccncc1)C(=O)O. The number of hydrogen-bond donors (Lipinski definition) is 2. The van der Waals surface area contributed by atoms with Gasteiger partial charge in [0.15, 0.2) is 0 Å². The number of carbonyl (C=O) groups is 2. The lowest BCUT2D eigenvalue weighted by atomic mass is 10.2. The first-order valence-corrected chi connectivity index (χ1v) is 6.66. The minimum absolute atomic E-state index is 0.167. The van der Waals surface area contributed by atoms with Crippen LogP contribution in [0.2, 0.25) is 0 Å². The maximum Gasteiger partial charge on any atom is 0.326 e. The maximum atomic E-state index is 11.6. The number of pyridine rings is 1. The van der Waals surface area contributed by atoms with Gasteiger partial charge < -0.3 is 15.2 Å². The Hall–Kier alpha value is -1.60. The number of carboxylic acids is 1. The molecule has 0 aliphatic rings. The molecule has 6 nitrogen and oxygen atoms in total. The molecule has 0 bridgehead atoms. The Morgan fingerprint density at radius 3 is 2.74 bits per heavy atom. The van der Waals surface area contributed by atoms with E-state index in [0.717, 1.165) is 4.90 Å². The van der Waals surface area contributed by atoms with Gasteiger partial charge in [-0.3, -0.25) is 9.78 Å². The van der Waals surface area contributed by atoms with E-state index in [0.29, 0.717) is 0 Å². The molecule has 1 unspecified atom stereocenters. The third-order valence-electron chi connectivity index (χ3n) is 2.26. The zero-order chi connectivity index (χ0) is 14.1. The van der Waals surface area contributed by atoms with Crippen LogP contribution in [0.15, 0.2) is 29.4 Å². The molecule has 1 aromatic rings. The second-order valence-electron chi connectivity index (χ2n) is 3.71. The second-order valence-corrected chi connectivity index (χ2v) is 4.76. The highest BCUT2D eigenvalue weighted by Crippen LogP contribution is 2.15. The predicted octanol–water partition coefficient (Wildman–Crippen LogP) is 0.780. The number of nitrogens with zero attached hydrogens (tertiary/aromatic N) is 1. The van der Waals surface area contributed by atoms with Gasteiger partial charge in [0.25, 0.3) is 0 Å². The molecule has 1 rings (SSSR count). The van der Waals surface area contributed by atoms with Crippen molar-refractivity contribution in [3.05, 3.63) is 24.5 Å². The van der Waals surface area contributed by atoms with Crippen molar-refractivity contribution in [3.8, 4) is 0 Å². The molecule has 2 N–H and O–H groups in total. The number of ether oxygens (including phenoxy) is 1. The van der Waals surface area contributed by atoms with Crippen LogP contribution in [0.25, 0.3) is 0 Å². The molecule has 1 atom stereocenters. The van der Waals surface area contributed by atoms with Gasteiger partial charge in [-0.05, 0) is 12.1 Å². The lowest BCUT2D eigenvalue weighted by Crippen LogP contribution is -2.42.